The zero-order chi connectivity index (χ0) is 14.5. The molecule has 0 radical (unpaired) electrons. The van der Waals surface area contributed by atoms with Gasteiger partial charge in [0.15, 0.2) is 0 Å². The van der Waals surface area contributed by atoms with Gasteiger partial charge in [0.2, 0.25) is 0 Å². The Kier molecular flexibility index (Phi) is 5.29. The average molecular weight is 337 g/mol. The summed E-state index contributed by atoms with van der Waals surface area (Å²) in [5.41, 5.74) is 5.77. The molecule has 20 heavy (non-hydrogen) atoms. The van der Waals surface area contributed by atoms with E-state index < -0.39 is 0 Å². The Bertz CT molecular complexity index is 586. The van der Waals surface area contributed by atoms with E-state index in [2.05, 4.69) is 46.5 Å². The largest absolute Gasteiger partial charge is 0.271 e. The SMILES string of the molecule is Cc1cccc(CCC(NN)c2cc(Br)ccc2F)c1. The third kappa shape index (κ3) is 3.88. The fourth-order valence-corrected chi connectivity index (χ4v) is 2.67. The molecule has 0 aromatic heterocycles. The maximum atomic E-state index is 13.9. The minimum absolute atomic E-state index is 0.201. The Hall–Kier alpha value is -1.23. The van der Waals surface area contributed by atoms with E-state index >= 15 is 0 Å². The van der Waals surface area contributed by atoms with Crippen molar-refractivity contribution >= 4 is 15.9 Å². The molecule has 0 aliphatic rings. The number of hydrogen-bond donors (Lipinski definition) is 2. The summed E-state index contributed by atoms with van der Waals surface area (Å²) in [6.07, 6.45) is 1.59. The average Bonchev–Trinajstić information content (AvgIpc) is 2.43. The summed E-state index contributed by atoms with van der Waals surface area (Å²) in [6.45, 7) is 2.07. The first-order valence-electron chi connectivity index (χ1n) is 6.57. The van der Waals surface area contributed by atoms with Crippen molar-refractivity contribution in [2.75, 3.05) is 0 Å². The molecular formula is C16H18BrFN2. The number of nitrogens with two attached hydrogens (primary N) is 1. The molecule has 0 aliphatic carbocycles. The minimum atomic E-state index is -0.236. The predicted molar refractivity (Wildman–Crippen MR) is 83.7 cm³/mol. The van der Waals surface area contributed by atoms with Crippen molar-refractivity contribution in [2.24, 2.45) is 5.84 Å². The molecule has 3 N–H and O–H groups in total. The van der Waals surface area contributed by atoms with Gasteiger partial charge in [0.1, 0.15) is 5.82 Å². The Morgan fingerprint density at radius 3 is 2.75 bits per heavy atom. The first kappa shape index (κ1) is 15.2. The summed E-state index contributed by atoms with van der Waals surface area (Å²) in [6, 6.07) is 13.0. The van der Waals surface area contributed by atoms with Crippen molar-refractivity contribution in [2.45, 2.75) is 25.8 Å². The maximum Gasteiger partial charge on any atom is 0.128 e. The molecule has 0 spiro atoms. The molecule has 2 aromatic carbocycles. The minimum Gasteiger partial charge on any atom is -0.271 e. The van der Waals surface area contributed by atoms with Crippen molar-refractivity contribution in [3.63, 3.8) is 0 Å². The molecule has 1 atom stereocenters. The highest BCUT2D eigenvalue weighted by atomic mass is 79.9. The summed E-state index contributed by atoms with van der Waals surface area (Å²) >= 11 is 3.36. The molecule has 2 rings (SSSR count). The van der Waals surface area contributed by atoms with Crippen LogP contribution in [0.5, 0.6) is 0 Å². The second kappa shape index (κ2) is 6.97. The third-order valence-corrected chi connectivity index (χ3v) is 3.83. The van der Waals surface area contributed by atoms with Crippen molar-refractivity contribution in [3.05, 3.63) is 69.4 Å². The van der Waals surface area contributed by atoms with Gasteiger partial charge in [-0.2, -0.15) is 0 Å². The Labute approximate surface area is 127 Å². The summed E-state index contributed by atoms with van der Waals surface area (Å²) in [5, 5.41) is 0. The van der Waals surface area contributed by atoms with Crippen LogP contribution in [0.3, 0.4) is 0 Å². The lowest BCUT2D eigenvalue weighted by Crippen LogP contribution is -2.29. The van der Waals surface area contributed by atoms with Gasteiger partial charge in [0.05, 0.1) is 0 Å². The summed E-state index contributed by atoms with van der Waals surface area (Å²) in [4.78, 5) is 0. The topological polar surface area (TPSA) is 38.0 Å². The second-order valence-corrected chi connectivity index (χ2v) is 5.83. The van der Waals surface area contributed by atoms with Crippen molar-refractivity contribution < 1.29 is 4.39 Å². The van der Waals surface area contributed by atoms with Crippen molar-refractivity contribution in [3.8, 4) is 0 Å². The van der Waals surface area contributed by atoms with Crippen LogP contribution in [0.25, 0.3) is 0 Å². The number of rotatable bonds is 5. The van der Waals surface area contributed by atoms with E-state index in [4.69, 9.17) is 5.84 Å². The van der Waals surface area contributed by atoms with Gasteiger partial charge in [-0.1, -0.05) is 45.8 Å². The standard InChI is InChI=1S/C16H18BrFN2/c1-11-3-2-4-12(9-11)5-8-16(20-19)14-10-13(17)6-7-15(14)18/h2-4,6-7,9-10,16,20H,5,8,19H2,1H3. The molecule has 1 unspecified atom stereocenters. The van der Waals surface area contributed by atoms with E-state index in [1.807, 2.05) is 6.07 Å². The molecule has 0 saturated carbocycles. The molecule has 4 heteroatoms. The van der Waals surface area contributed by atoms with Crippen molar-refractivity contribution in [1.82, 2.24) is 5.43 Å². The molecular weight excluding hydrogens is 319 g/mol. The van der Waals surface area contributed by atoms with Gasteiger partial charge in [-0.3, -0.25) is 11.3 Å². The van der Waals surface area contributed by atoms with Crippen molar-refractivity contribution in [1.29, 1.82) is 0 Å². The van der Waals surface area contributed by atoms with Gasteiger partial charge in [0, 0.05) is 16.1 Å². The smallest absolute Gasteiger partial charge is 0.128 e. The summed E-state index contributed by atoms with van der Waals surface area (Å²) in [5.74, 6) is 5.35. The zero-order valence-electron chi connectivity index (χ0n) is 11.4. The zero-order valence-corrected chi connectivity index (χ0v) is 13.0. The van der Waals surface area contributed by atoms with Gasteiger partial charge in [-0.15, -0.1) is 0 Å². The number of benzene rings is 2. The van der Waals surface area contributed by atoms with E-state index in [9.17, 15) is 4.39 Å². The second-order valence-electron chi connectivity index (χ2n) is 4.91. The van der Waals surface area contributed by atoms with Gasteiger partial charge in [-0.05, 0) is 43.5 Å². The summed E-state index contributed by atoms with van der Waals surface area (Å²) in [7, 11) is 0. The highest BCUT2D eigenvalue weighted by Crippen LogP contribution is 2.25. The van der Waals surface area contributed by atoms with Crippen LogP contribution in [0.15, 0.2) is 46.9 Å². The van der Waals surface area contributed by atoms with Crippen LogP contribution in [-0.2, 0) is 6.42 Å². The number of aryl methyl sites for hydroxylation is 2. The highest BCUT2D eigenvalue weighted by molar-refractivity contribution is 9.10. The van der Waals surface area contributed by atoms with Gasteiger partial charge >= 0.3 is 0 Å². The molecule has 0 bridgehead atoms. The van der Waals surface area contributed by atoms with Crippen LogP contribution in [0.1, 0.15) is 29.2 Å². The lowest BCUT2D eigenvalue weighted by molar-refractivity contribution is 0.485. The fourth-order valence-electron chi connectivity index (χ4n) is 2.29. The van der Waals surface area contributed by atoms with Gasteiger partial charge < -0.3 is 0 Å². The van der Waals surface area contributed by atoms with Gasteiger partial charge in [0.25, 0.3) is 0 Å². The van der Waals surface area contributed by atoms with Crippen LogP contribution < -0.4 is 11.3 Å². The van der Waals surface area contributed by atoms with Crippen LogP contribution >= 0.6 is 15.9 Å². The number of hydrogen-bond acceptors (Lipinski definition) is 2. The molecule has 0 aliphatic heterocycles. The lowest BCUT2D eigenvalue weighted by atomic mass is 9.98. The molecule has 106 valence electrons. The Morgan fingerprint density at radius 1 is 1.25 bits per heavy atom. The van der Waals surface area contributed by atoms with Crippen LogP contribution in [0.2, 0.25) is 0 Å². The first-order chi connectivity index (χ1) is 9.60. The quantitative estimate of drug-likeness (QED) is 0.638. The highest BCUT2D eigenvalue weighted by Gasteiger charge is 2.14. The number of nitrogens with one attached hydrogen (secondary N) is 1. The summed E-state index contributed by atoms with van der Waals surface area (Å²) < 4.78 is 14.7. The monoisotopic (exact) mass is 336 g/mol. The number of halogens is 2. The van der Waals surface area contributed by atoms with E-state index in [0.717, 1.165) is 17.3 Å². The molecule has 0 amide bonds. The molecule has 2 nitrogen and oxygen atoms in total. The van der Waals surface area contributed by atoms with Crippen LogP contribution in [0.4, 0.5) is 4.39 Å². The normalized spacial score (nSPS) is 12.4. The van der Waals surface area contributed by atoms with Crippen LogP contribution in [-0.4, -0.2) is 0 Å². The van der Waals surface area contributed by atoms with E-state index in [0.29, 0.717) is 5.56 Å². The maximum absolute atomic E-state index is 13.9. The number of hydrazine groups is 1. The molecule has 2 aromatic rings. The molecule has 0 fully saturated rings. The van der Waals surface area contributed by atoms with E-state index in [1.54, 1.807) is 12.1 Å². The van der Waals surface area contributed by atoms with E-state index in [-0.39, 0.29) is 11.9 Å². The third-order valence-electron chi connectivity index (χ3n) is 3.34. The van der Waals surface area contributed by atoms with Crippen LogP contribution in [0, 0.1) is 12.7 Å². The van der Waals surface area contributed by atoms with E-state index in [1.165, 1.54) is 17.2 Å². The fraction of sp³-hybridized carbons (Fsp3) is 0.250. The molecule has 0 saturated heterocycles. The predicted octanol–water partition coefficient (Wildman–Crippen LogP) is 4.03. The van der Waals surface area contributed by atoms with Gasteiger partial charge in [-0.25, -0.2) is 4.39 Å². The lowest BCUT2D eigenvalue weighted by Gasteiger charge is -2.17. The first-order valence-corrected chi connectivity index (χ1v) is 7.36. The molecule has 0 heterocycles. The Morgan fingerprint density at radius 2 is 2.05 bits per heavy atom. The Balaban J connectivity index is 2.11.